The van der Waals surface area contributed by atoms with Crippen molar-refractivity contribution in [2.75, 3.05) is 40.0 Å². The monoisotopic (exact) mass is 324 g/mol. The maximum absolute atomic E-state index is 14.3. The van der Waals surface area contributed by atoms with Crippen molar-refractivity contribution in [3.05, 3.63) is 29.3 Å². The summed E-state index contributed by atoms with van der Waals surface area (Å²) in [7, 11) is 1.33. The molecule has 1 fully saturated rings. The molecule has 0 aromatic heterocycles. The highest BCUT2D eigenvalue weighted by atomic mass is 35.5. The fourth-order valence-corrected chi connectivity index (χ4v) is 2.62. The van der Waals surface area contributed by atoms with Gasteiger partial charge in [-0.15, -0.1) is 12.4 Å². The standard InChI is InChI=1S/C14H19F3N2O.ClH/c1-20-12-3-2-10(16)13(14(12)17)11(4-5-15)19-8-6-18-7-9-19;/h2-3,11,18H,4-9H2,1H3;1H/t11-;/m1./s1. The van der Waals surface area contributed by atoms with Gasteiger partial charge in [-0.2, -0.15) is 0 Å². The molecule has 2 rings (SSSR count). The van der Waals surface area contributed by atoms with Crippen molar-refractivity contribution in [1.29, 1.82) is 0 Å². The zero-order chi connectivity index (χ0) is 14.5. The van der Waals surface area contributed by atoms with Crippen LogP contribution < -0.4 is 10.1 Å². The normalized spacial score (nSPS) is 17.1. The Morgan fingerprint density at radius 1 is 1.29 bits per heavy atom. The van der Waals surface area contributed by atoms with Crippen molar-refractivity contribution >= 4 is 12.4 Å². The lowest BCUT2D eigenvalue weighted by Gasteiger charge is -2.35. The Morgan fingerprint density at radius 2 is 1.95 bits per heavy atom. The van der Waals surface area contributed by atoms with Crippen molar-refractivity contribution in [2.45, 2.75) is 12.5 Å². The largest absolute Gasteiger partial charge is 0.494 e. The molecular weight excluding hydrogens is 305 g/mol. The van der Waals surface area contributed by atoms with Gasteiger partial charge in [0.05, 0.1) is 13.8 Å². The van der Waals surface area contributed by atoms with Crippen LogP contribution in [-0.4, -0.2) is 44.9 Å². The van der Waals surface area contributed by atoms with Gasteiger partial charge in [-0.05, 0) is 18.6 Å². The number of nitrogens with zero attached hydrogens (tertiary/aromatic N) is 1. The average Bonchev–Trinajstić information content (AvgIpc) is 2.47. The fourth-order valence-electron chi connectivity index (χ4n) is 2.62. The minimum absolute atomic E-state index is 0. The Hall–Kier alpha value is -0.980. The van der Waals surface area contributed by atoms with Crippen LogP contribution in [0.4, 0.5) is 13.2 Å². The first kappa shape index (κ1) is 18.1. The molecule has 1 saturated heterocycles. The van der Waals surface area contributed by atoms with E-state index in [1.165, 1.54) is 19.2 Å². The maximum Gasteiger partial charge on any atom is 0.172 e. The number of hydrogen-bond acceptors (Lipinski definition) is 3. The summed E-state index contributed by atoms with van der Waals surface area (Å²) in [6.45, 7) is 2.12. The third kappa shape index (κ3) is 4.02. The molecule has 120 valence electrons. The minimum atomic E-state index is -0.732. The van der Waals surface area contributed by atoms with Crippen LogP contribution in [0.5, 0.6) is 5.75 Å². The Morgan fingerprint density at radius 3 is 2.52 bits per heavy atom. The number of piperazine rings is 1. The summed E-state index contributed by atoms with van der Waals surface area (Å²) >= 11 is 0. The van der Waals surface area contributed by atoms with Crippen molar-refractivity contribution < 1.29 is 17.9 Å². The number of halogens is 4. The molecule has 3 nitrogen and oxygen atoms in total. The van der Waals surface area contributed by atoms with E-state index in [0.29, 0.717) is 13.1 Å². The third-order valence-electron chi connectivity index (χ3n) is 3.62. The Balaban J connectivity index is 0.00000220. The summed E-state index contributed by atoms with van der Waals surface area (Å²) in [6, 6.07) is 1.82. The SMILES string of the molecule is COc1ccc(F)c([C@@H](CCF)N2CCNCC2)c1F.Cl. The molecule has 0 saturated carbocycles. The van der Waals surface area contributed by atoms with Crippen LogP contribution in [0.3, 0.4) is 0 Å². The predicted molar refractivity (Wildman–Crippen MR) is 77.9 cm³/mol. The first-order valence-corrected chi connectivity index (χ1v) is 6.71. The Labute approximate surface area is 128 Å². The van der Waals surface area contributed by atoms with Gasteiger partial charge < -0.3 is 10.1 Å². The quantitative estimate of drug-likeness (QED) is 0.901. The van der Waals surface area contributed by atoms with E-state index in [9.17, 15) is 13.2 Å². The molecule has 1 aliphatic rings. The van der Waals surface area contributed by atoms with Crippen molar-refractivity contribution in [1.82, 2.24) is 10.2 Å². The number of alkyl halides is 1. The van der Waals surface area contributed by atoms with Gasteiger partial charge in [0.1, 0.15) is 5.82 Å². The summed E-state index contributed by atoms with van der Waals surface area (Å²) < 4.78 is 46.1. The van der Waals surface area contributed by atoms with Crippen LogP contribution in [0, 0.1) is 11.6 Å². The Bertz CT molecular complexity index is 456. The molecule has 0 bridgehead atoms. The summed E-state index contributed by atoms with van der Waals surface area (Å²) in [5.74, 6) is -1.40. The molecule has 1 atom stereocenters. The second kappa shape index (κ2) is 8.46. The number of ether oxygens (including phenoxy) is 1. The summed E-state index contributed by atoms with van der Waals surface area (Å²) in [5, 5.41) is 3.17. The smallest absolute Gasteiger partial charge is 0.172 e. The first-order valence-electron chi connectivity index (χ1n) is 6.71. The third-order valence-corrected chi connectivity index (χ3v) is 3.62. The highest BCUT2D eigenvalue weighted by molar-refractivity contribution is 5.85. The van der Waals surface area contributed by atoms with Crippen molar-refractivity contribution in [3.63, 3.8) is 0 Å². The van der Waals surface area contributed by atoms with E-state index in [1.807, 2.05) is 4.90 Å². The van der Waals surface area contributed by atoms with Gasteiger partial charge in [-0.1, -0.05) is 0 Å². The summed E-state index contributed by atoms with van der Waals surface area (Å²) in [6.07, 6.45) is 0.0704. The predicted octanol–water partition coefficient (Wildman–Crippen LogP) is 2.70. The van der Waals surface area contributed by atoms with Gasteiger partial charge in [0.15, 0.2) is 11.6 Å². The highest BCUT2D eigenvalue weighted by Gasteiger charge is 2.28. The van der Waals surface area contributed by atoms with Gasteiger partial charge in [0.2, 0.25) is 0 Å². The van der Waals surface area contributed by atoms with Gasteiger partial charge in [0, 0.05) is 37.8 Å². The topological polar surface area (TPSA) is 24.5 Å². The zero-order valence-electron chi connectivity index (χ0n) is 11.9. The molecule has 0 radical (unpaired) electrons. The van der Waals surface area contributed by atoms with E-state index >= 15 is 0 Å². The van der Waals surface area contributed by atoms with Crippen LogP contribution in [0.2, 0.25) is 0 Å². The van der Waals surface area contributed by atoms with Crippen LogP contribution in [0.1, 0.15) is 18.0 Å². The van der Waals surface area contributed by atoms with E-state index in [0.717, 1.165) is 13.1 Å². The van der Waals surface area contributed by atoms with E-state index in [-0.39, 0.29) is 30.1 Å². The van der Waals surface area contributed by atoms with Crippen LogP contribution in [0.15, 0.2) is 12.1 Å². The van der Waals surface area contributed by atoms with Gasteiger partial charge in [-0.25, -0.2) is 8.78 Å². The average molecular weight is 325 g/mol. The molecule has 1 heterocycles. The molecule has 1 N–H and O–H groups in total. The number of nitrogens with one attached hydrogen (secondary N) is 1. The molecule has 0 unspecified atom stereocenters. The van der Waals surface area contributed by atoms with Gasteiger partial charge in [-0.3, -0.25) is 9.29 Å². The van der Waals surface area contributed by atoms with E-state index in [2.05, 4.69) is 5.32 Å². The van der Waals surface area contributed by atoms with Crippen molar-refractivity contribution in [3.8, 4) is 5.75 Å². The summed E-state index contributed by atoms with van der Waals surface area (Å²) in [5.41, 5.74) is -0.0936. The Kier molecular flexibility index (Phi) is 7.28. The summed E-state index contributed by atoms with van der Waals surface area (Å²) in [4.78, 5) is 1.91. The van der Waals surface area contributed by atoms with Crippen LogP contribution in [-0.2, 0) is 0 Å². The molecular formula is C14H20ClF3N2O. The van der Waals surface area contributed by atoms with Gasteiger partial charge in [0.25, 0.3) is 0 Å². The first-order chi connectivity index (χ1) is 9.69. The van der Waals surface area contributed by atoms with Gasteiger partial charge >= 0.3 is 0 Å². The van der Waals surface area contributed by atoms with Crippen LogP contribution in [0.25, 0.3) is 0 Å². The molecule has 1 aromatic rings. The van der Waals surface area contributed by atoms with Crippen LogP contribution >= 0.6 is 12.4 Å². The molecule has 0 spiro atoms. The molecule has 1 aliphatic heterocycles. The van der Waals surface area contributed by atoms with Crippen molar-refractivity contribution in [2.24, 2.45) is 0 Å². The molecule has 21 heavy (non-hydrogen) atoms. The molecule has 0 aliphatic carbocycles. The molecule has 7 heteroatoms. The van der Waals surface area contributed by atoms with E-state index in [1.54, 1.807) is 0 Å². The highest BCUT2D eigenvalue weighted by Crippen LogP contribution is 2.33. The maximum atomic E-state index is 14.3. The lowest BCUT2D eigenvalue weighted by Crippen LogP contribution is -2.45. The minimum Gasteiger partial charge on any atom is -0.494 e. The molecule has 0 amide bonds. The fraction of sp³-hybridized carbons (Fsp3) is 0.571. The lowest BCUT2D eigenvalue weighted by molar-refractivity contribution is 0.150. The zero-order valence-corrected chi connectivity index (χ0v) is 12.7. The lowest BCUT2D eigenvalue weighted by atomic mass is 10.00. The number of methoxy groups -OCH3 is 1. The number of hydrogen-bond donors (Lipinski definition) is 1. The van der Waals surface area contributed by atoms with E-state index < -0.39 is 24.4 Å². The second-order valence-corrected chi connectivity index (χ2v) is 4.76. The van der Waals surface area contributed by atoms with E-state index in [4.69, 9.17) is 4.74 Å². The number of rotatable bonds is 5. The number of benzene rings is 1. The molecule has 1 aromatic carbocycles. The second-order valence-electron chi connectivity index (χ2n) is 4.76.